The van der Waals surface area contributed by atoms with Crippen LogP contribution in [0.25, 0.3) is 0 Å². The highest BCUT2D eigenvalue weighted by molar-refractivity contribution is 5.88. The van der Waals surface area contributed by atoms with Gasteiger partial charge in [0, 0.05) is 17.4 Å². The van der Waals surface area contributed by atoms with Crippen molar-refractivity contribution < 1.29 is 14.3 Å². The molecule has 4 aliphatic rings. The largest absolute Gasteiger partial charge is 0.466 e. The van der Waals surface area contributed by atoms with Crippen LogP contribution in [0.2, 0.25) is 0 Å². The minimum absolute atomic E-state index is 0.171. The van der Waals surface area contributed by atoms with Gasteiger partial charge in [-0.05, 0) is 85.4 Å². The highest BCUT2D eigenvalue weighted by Crippen LogP contribution is 2.72. The van der Waals surface area contributed by atoms with Crippen molar-refractivity contribution in [2.75, 3.05) is 7.11 Å². The van der Waals surface area contributed by atoms with E-state index in [0.717, 1.165) is 19.3 Å². The molecule has 0 spiro atoms. The van der Waals surface area contributed by atoms with Crippen molar-refractivity contribution in [1.29, 1.82) is 0 Å². The van der Waals surface area contributed by atoms with Crippen molar-refractivity contribution in [3.8, 4) is 0 Å². The standard InChI is InChI=1S/C31H46O3/c1-20(10-9-11-21(2)27(33)34-8)22-14-18-31(7)24-12-13-25-28(3,4)26(32)16-17-29(25,5)23(24)15-19-30(22,31)6/h9-11,15,20,22,24-25H,12-14,16-19H2,1-8H3/b10-9+,21-11+/t20-,22?,24-,25+,29-,30-,31+/m1/s1. The highest BCUT2D eigenvalue weighted by Gasteiger charge is 2.65. The first-order chi connectivity index (χ1) is 15.8. The molecule has 0 radical (unpaired) electrons. The maximum absolute atomic E-state index is 12.8. The van der Waals surface area contributed by atoms with Crippen LogP contribution in [0, 0.1) is 45.3 Å². The molecule has 3 saturated carbocycles. The fourth-order valence-electron chi connectivity index (χ4n) is 9.15. The molecular weight excluding hydrogens is 420 g/mol. The molecule has 0 aliphatic heterocycles. The second kappa shape index (κ2) is 8.49. The number of carbonyl (C=O) groups excluding carboxylic acids is 2. The smallest absolute Gasteiger partial charge is 0.333 e. The van der Waals surface area contributed by atoms with Gasteiger partial charge in [-0.1, -0.05) is 71.4 Å². The summed E-state index contributed by atoms with van der Waals surface area (Å²) in [6.45, 7) is 16.2. The van der Waals surface area contributed by atoms with Crippen molar-refractivity contribution in [1.82, 2.24) is 0 Å². The van der Waals surface area contributed by atoms with Gasteiger partial charge in [-0.15, -0.1) is 0 Å². The minimum Gasteiger partial charge on any atom is -0.466 e. The predicted molar refractivity (Wildman–Crippen MR) is 138 cm³/mol. The van der Waals surface area contributed by atoms with Crippen LogP contribution >= 0.6 is 0 Å². The molecular formula is C31H46O3. The fraction of sp³-hybridized carbons (Fsp3) is 0.742. The molecule has 0 heterocycles. The molecule has 0 aromatic rings. The maximum Gasteiger partial charge on any atom is 0.333 e. The van der Waals surface area contributed by atoms with Crippen molar-refractivity contribution in [3.63, 3.8) is 0 Å². The van der Waals surface area contributed by atoms with Crippen LogP contribution in [-0.4, -0.2) is 18.9 Å². The summed E-state index contributed by atoms with van der Waals surface area (Å²) in [6.07, 6.45) is 16.7. The molecule has 3 nitrogen and oxygen atoms in total. The van der Waals surface area contributed by atoms with Gasteiger partial charge < -0.3 is 4.74 Å². The summed E-state index contributed by atoms with van der Waals surface area (Å²) >= 11 is 0. The molecule has 0 saturated heterocycles. The molecule has 34 heavy (non-hydrogen) atoms. The number of allylic oxidation sites excluding steroid dienone is 5. The zero-order valence-corrected chi connectivity index (χ0v) is 22.8. The average Bonchev–Trinajstić information content (AvgIpc) is 3.07. The molecule has 188 valence electrons. The van der Waals surface area contributed by atoms with Crippen molar-refractivity contribution in [2.24, 2.45) is 45.3 Å². The lowest BCUT2D eigenvalue weighted by Gasteiger charge is -2.63. The minimum atomic E-state index is -0.264. The third-order valence-electron chi connectivity index (χ3n) is 11.5. The van der Waals surface area contributed by atoms with Gasteiger partial charge in [0.2, 0.25) is 0 Å². The lowest BCUT2D eigenvalue weighted by Crippen LogP contribution is -2.56. The lowest BCUT2D eigenvalue weighted by molar-refractivity contribution is -0.142. The first-order valence-electron chi connectivity index (χ1n) is 13.5. The zero-order valence-electron chi connectivity index (χ0n) is 22.8. The monoisotopic (exact) mass is 466 g/mol. The summed E-state index contributed by atoms with van der Waals surface area (Å²) in [7, 11) is 1.43. The topological polar surface area (TPSA) is 43.4 Å². The number of methoxy groups -OCH3 is 1. The van der Waals surface area contributed by atoms with E-state index < -0.39 is 0 Å². The quantitative estimate of drug-likeness (QED) is 0.187. The Kier molecular flexibility index (Phi) is 6.35. The predicted octanol–water partition coefficient (Wildman–Crippen LogP) is 7.47. The van der Waals surface area contributed by atoms with E-state index in [1.165, 1.54) is 32.8 Å². The molecule has 3 fully saturated rings. The van der Waals surface area contributed by atoms with Gasteiger partial charge in [-0.2, -0.15) is 0 Å². The molecule has 0 N–H and O–H groups in total. The van der Waals surface area contributed by atoms with Crippen LogP contribution < -0.4 is 0 Å². The van der Waals surface area contributed by atoms with Gasteiger partial charge in [-0.25, -0.2) is 4.79 Å². The fourth-order valence-corrected chi connectivity index (χ4v) is 9.15. The summed E-state index contributed by atoms with van der Waals surface area (Å²) in [5.41, 5.74) is 2.89. The Hall–Kier alpha value is -1.64. The molecule has 0 aromatic carbocycles. The van der Waals surface area contributed by atoms with E-state index in [4.69, 9.17) is 4.74 Å². The van der Waals surface area contributed by atoms with E-state index in [1.807, 2.05) is 12.2 Å². The number of esters is 1. The second-order valence-electron chi connectivity index (χ2n) is 13.2. The molecule has 0 aromatic heterocycles. The Labute approximate surface area is 207 Å². The number of carbonyl (C=O) groups is 2. The molecule has 0 amide bonds. The number of rotatable bonds is 4. The van der Waals surface area contributed by atoms with Gasteiger partial charge in [0.05, 0.1) is 7.11 Å². The van der Waals surface area contributed by atoms with E-state index in [2.05, 4.69) is 53.7 Å². The molecule has 1 unspecified atom stereocenters. The third-order valence-corrected chi connectivity index (χ3v) is 11.5. The number of hydrogen-bond donors (Lipinski definition) is 0. The van der Waals surface area contributed by atoms with Gasteiger partial charge in [0.15, 0.2) is 0 Å². The first-order valence-corrected chi connectivity index (χ1v) is 13.5. The average molecular weight is 467 g/mol. The Balaban J connectivity index is 1.61. The van der Waals surface area contributed by atoms with Gasteiger partial charge >= 0.3 is 5.97 Å². The Morgan fingerprint density at radius 2 is 1.79 bits per heavy atom. The summed E-state index contributed by atoms with van der Waals surface area (Å²) in [5, 5.41) is 0. The number of hydrogen-bond acceptors (Lipinski definition) is 3. The number of fused-ring (bicyclic) bond motifs is 5. The van der Waals surface area contributed by atoms with Gasteiger partial charge in [0.1, 0.15) is 5.78 Å². The van der Waals surface area contributed by atoms with Crippen LogP contribution in [-0.2, 0) is 14.3 Å². The van der Waals surface area contributed by atoms with E-state index in [9.17, 15) is 9.59 Å². The lowest BCUT2D eigenvalue weighted by atomic mass is 9.41. The van der Waals surface area contributed by atoms with Gasteiger partial charge in [-0.3, -0.25) is 4.79 Å². The van der Waals surface area contributed by atoms with Crippen molar-refractivity contribution in [3.05, 3.63) is 35.5 Å². The van der Waals surface area contributed by atoms with E-state index in [0.29, 0.717) is 40.4 Å². The molecule has 4 aliphatic carbocycles. The van der Waals surface area contributed by atoms with Crippen LogP contribution in [0.15, 0.2) is 35.5 Å². The van der Waals surface area contributed by atoms with E-state index >= 15 is 0 Å². The van der Waals surface area contributed by atoms with E-state index in [1.54, 1.807) is 12.5 Å². The Morgan fingerprint density at radius 3 is 2.47 bits per heavy atom. The highest BCUT2D eigenvalue weighted by atomic mass is 16.5. The Bertz CT molecular complexity index is 952. The summed E-state index contributed by atoms with van der Waals surface area (Å²) < 4.78 is 4.82. The summed E-state index contributed by atoms with van der Waals surface area (Å²) in [5.74, 6) is 2.41. The summed E-state index contributed by atoms with van der Waals surface area (Å²) in [6, 6.07) is 0. The molecule has 0 bridgehead atoms. The first kappa shape index (κ1) is 25.5. The summed E-state index contributed by atoms with van der Waals surface area (Å²) in [4.78, 5) is 24.5. The number of Topliss-reactive ketones (excluding diaryl/α,β-unsaturated/α-hetero) is 1. The molecule has 4 rings (SSSR count). The normalized spacial score (nSPS) is 42.5. The van der Waals surface area contributed by atoms with Crippen molar-refractivity contribution >= 4 is 11.8 Å². The van der Waals surface area contributed by atoms with Crippen LogP contribution in [0.5, 0.6) is 0 Å². The number of ether oxygens (including phenoxy) is 1. The molecule has 7 atom stereocenters. The van der Waals surface area contributed by atoms with Crippen LogP contribution in [0.3, 0.4) is 0 Å². The maximum atomic E-state index is 12.8. The van der Waals surface area contributed by atoms with E-state index in [-0.39, 0.29) is 22.2 Å². The SMILES string of the molecule is COC(=O)/C(C)=C/C=C/[C@@H](C)C1CC[C@@]2(C)[C@@H]3CC[C@H]4C(C)(C)C(=O)CC[C@]4(C)C3=CC[C@]12C. The van der Waals surface area contributed by atoms with Crippen LogP contribution in [0.1, 0.15) is 93.4 Å². The van der Waals surface area contributed by atoms with Gasteiger partial charge in [0.25, 0.3) is 0 Å². The third kappa shape index (κ3) is 3.51. The number of ketones is 1. The zero-order chi connectivity index (χ0) is 25.1. The second-order valence-corrected chi connectivity index (χ2v) is 13.2. The van der Waals surface area contributed by atoms with Crippen LogP contribution in [0.4, 0.5) is 0 Å². The Morgan fingerprint density at radius 1 is 1.09 bits per heavy atom. The van der Waals surface area contributed by atoms with Crippen molar-refractivity contribution in [2.45, 2.75) is 93.4 Å². The molecule has 3 heteroatoms.